The number of nitriles is 1. The van der Waals surface area contributed by atoms with Crippen molar-refractivity contribution in [1.82, 2.24) is 9.97 Å². The number of rotatable bonds is 3. The van der Waals surface area contributed by atoms with Crippen molar-refractivity contribution in [3.8, 4) is 6.07 Å². The molecule has 1 heterocycles. The Morgan fingerprint density at radius 3 is 2.67 bits per heavy atom. The van der Waals surface area contributed by atoms with E-state index in [1.807, 2.05) is 13.0 Å². The lowest BCUT2D eigenvalue weighted by Gasteiger charge is -2.02. The highest BCUT2D eigenvalue weighted by molar-refractivity contribution is 7.98. The molecule has 0 radical (unpaired) electrons. The summed E-state index contributed by atoms with van der Waals surface area (Å²) < 4.78 is 13.6. The quantitative estimate of drug-likeness (QED) is 0.628. The minimum absolute atomic E-state index is 0.327. The lowest BCUT2D eigenvalue weighted by molar-refractivity contribution is 0.617. The fourth-order valence-corrected chi connectivity index (χ4v) is 2.10. The SMILES string of the molecule is Cc1cnc(SCc2ccc(C#N)cc2F)nc1. The van der Waals surface area contributed by atoms with Crippen LogP contribution in [0.2, 0.25) is 0 Å². The maximum Gasteiger partial charge on any atom is 0.187 e. The van der Waals surface area contributed by atoms with Gasteiger partial charge in [-0.15, -0.1) is 0 Å². The molecular formula is C13H10FN3S. The monoisotopic (exact) mass is 259 g/mol. The normalized spacial score (nSPS) is 10.1. The molecule has 0 saturated carbocycles. The van der Waals surface area contributed by atoms with Crippen LogP contribution in [0.3, 0.4) is 0 Å². The number of halogens is 1. The number of thioether (sulfide) groups is 1. The van der Waals surface area contributed by atoms with Gasteiger partial charge in [0.2, 0.25) is 0 Å². The van der Waals surface area contributed by atoms with E-state index < -0.39 is 0 Å². The van der Waals surface area contributed by atoms with Gasteiger partial charge in [-0.05, 0) is 30.2 Å². The van der Waals surface area contributed by atoms with Crippen LogP contribution < -0.4 is 0 Å². The number of nitrogens with zero attached hydrogens (tertiary/aromatic N) is 3. The summed E-state index contributed by atoms with van der Waals surface area (Å²) in [7, 11) is 0. The van der Waals surface area contributed by atoms with Crippen LogP contribution in [0.4, 0.5) is 4.39 Å². The van der Waals surface area contributed by atoms with E-state index in [0.717, 1.165) is 5.56 Å². The molecule has 1 aromatic heterocycles. The van der Waals surface area contributed by atoms with Crippen LogP contribution in [0, 0.1) is 24.1 Å². The molecule has 0 aliphatic rings. The van der Waals surface area contributed by atoms with Crippen molar-refractivity contribution < 1.29 is 4.39 Å². The third-order valence-electron chi connectivity index (χ3n) is 2.30. The molecule has 2 rings (SSSR count). The van der Waals surface area contributed by atoms with Crippen LogP contribution in [0.1, 0.15) is 16.7 Å². The highest BCUT2D eigenvalue weighted by Gasteiger charge is 2.05. The minimum Gasteiger partial charge on any atom is -0.231 e. The summed E-state index contributed by atoms with van der Waals surface area (Å²) in [5.74, 6) is 0.0781. The average Bonchev–Trinajstić information content (AvgIpc) is 2.39. The molecule has 0 spiro atoms. The first kappa shape index (κ1) is 12.5. The Morgan fingerprint density at radius 2 is 2.06 bits per heavy atom. The van der Waals surface area contributed by atoms with E-state index in [0.29, 0.717) is 22.0 Å². The summed E-state index contributed by atoms with van der Waals surface area (Å²) in [4.78, 5) is 8.27. The molecule has 0 bridgehead atoms. The predicted molar refractivity (Wildman–Crippen MR) is 67.4 cm³/mol. The summed E-state index contributed by atoms with van der Waals surface area (Å²) >= 11 is 1.36. The number of aryl methyl sites for hydroxylation is 1. The van der Waals surface area contributed by atoms with E-state index in [9.17, 15) is 4.39 Å². The van der Waals surface area contributed by atoms with Gasteiger partial charge in [0.1, 0.15) is 5.82 Å². The van der Waals surface area contributed by atoms with Crippen molar-refractivity contribution >= 4 is 11.8 Å². The van der Waals surface area contributed by atoms with E-state index in [4.69, 9.17) is 5.26 Å². The Bertz CT molecular complexity index is 590. The smallest absolute Gasteiger partial charge is 0.187 e. The number of aromatic nitrogens is 2. The van der Waals surface area contributed by atoms with Crippen molar-refractivity contribution in [1.29, 1.82) is 5.26 Å². The lowest BCUT2D eigenvalue weighted by atomic mass is 10.1. The molecule has 0 saturated heterocycles. The van der Waals surface area contributed by atoms with Gasteiger partial charge in [-0.1, -0.05) is 17.8 Å². The molecule has 0 amide bonds. The molecular weight excluding hydrogens is 249 g/mol. The number of benzene rings is 1. The molecule has 0 atom stereocenters. The van der Waals surface area contributed by atoms with Crippen LogP contribution >= 0.6 is 11.8 Å². The molecule has 0 aliphatic carbocycles. The van der Waals surface area contributed by atoms with Crippen LogP contribution in [0.25, 0.3) is 0 Å². The third-order valence-corrected chi connectivity index (χ3v) is 3.22. The fraction of sp³-hybridized carbons (Fsp3) is 0.154. The van der Waals surface area contributed by atoms with Crippen LogP contribution in [-0.2, 0) is 5.75 Å². The second kappa shape index (κ2) is 5.61. The first-order chi connectivity index (χ1) is 8.69. The lowest BCUT2D eigenvalue weighted by Crippen LogP contribution is -1.91. The summed E-state index contributed by atoms with van der Waals surface area (Å²) in [5.41, 5.74) is 1.86. The molecule has 0 unspecified atom stereocenters. The number of hydrogen-bond acceptors (Lipinski definition) is 4. The molecule has 18 heavy (non-hydrogen) atoms. The van der Waals surface area contributed by atoms with Gasteiger partial charge in [0.05, 0.1) is 11.6 Å². The van der Waals surface area contributed by atoms with Gasteiger partial charge in [0.15, 0.2) is 5.16 Å². The van der Waals surface area contributed by atoms with E-state index in [2.05, 4.69) is 9.97 Å². The van der Waals surface area contributed by atoms with E-state index in [1.54, 1.807) is 24.5 Å². The standard InChI is InChI=1S/C13H10FN3S/c1-9-6-16-13(17-7-9)18-8-11-3-2-10(5-15)4-12(11)14/h2-4,6-7H,8H2,1H3. The molecule has 3 nitrogen and oxygen atoms in total. The summed E-state index contributed by atoms with van der Waals surface area (Å²) in [6.07, 6.45) is 3.45. The van der Waals surface area contributed by atoms with Crippen molar-refractivity contribution in [3.63, 3.8) is 0 Å². The van der Waals surface area contributed by atoms with Crippen molar-refractivity contribution in [2.24, 2.45) is 0 Å². The molecule has 90 valence electrons. The van der Waals surface area contributed by atoms with Gasteiger partial charge in [-0.3, -0.25) is 0 Å². The Morgan fingerprint density at radius 1 is 1.33 bits per heavy atom. The Kier molecular flexibility index (Phi) is 3.90. The van der Waals surface area contributed by atoms with E-state index in [1.165, 1.54) is 17.8 Å². The summed E-state index contributed by atoms with van der Waals surface area (Å²) in [6, 6.07) is 6.37. The van der Waals surface area contributed by atoms with Gasteiger partial charge in [-0.2, -0.15) is 5.26 Å². The van der Waals surface area contributed by atoms with Crippen molar-refractivity contribution in [2.75, 3.05) is 0 Å². The Balaban J connectivity index is 2.06. The first-order valence-electron chi connectivity index (χ1n) is 5.29. The van der Waals surface area contributed by atoms with Gasteiger partial charge in [-0.25, -0.2) is 14.4 Å². The van der Waals surface area contributed by atoms with Crippen LogP contribution in [0.5, 0.6) is 0 Å². The highest BCUT2D eigenvalue weighted by Crippen LogP contribution is 2.21. The maximum atomic E-state index is 13.6. The molecule has 0 fully saturated rings. The van der Waals surface area contributed by atoms with Crippen LogP contribution in [0.15, 0.2) is 35.7 Å². The Labute approximate surface area is 109 Å². The summed E-state index contributed by atoms with van der Waals surface area (Å²) in [5, 5.41) is 9.26. The fourth-order valence-electron chi connectivity index (χ4n) is 1.33. The zero-order chi connectivity index (χ0) is 13.0. The van der Waals surface area contributed by atoms with E-state index >= 15 is 0 Å². The molecule has 0 N–H and O–H groups in total. The molecule has 0 aliphatic heterocycles. The largest absolute Gasteiger partial charge is 0.231 e. The van der Waals surface area contributed by atoms with Gasteiger partial charge in [0.25, 0.3) is 0 Å². The van der Waals surface area contributed by atoms with Gasteiger partial charge < -0.3 is 0 Å². The Hall–Kier alpha value is -1.93. The van der Waals surface area contributed by atoms with Crippen molar-refractivity contribution in [2.45, 2.75) is 17.8 Å². The highest BCUT2D eigenvalue weighted by atomic mass is 32.2. The molecule has 2 aromatic rings. The summed E-state index contributed by atoms with van der Waals surface area (Å²) in [6.45, 7) is 1.91. The van der Waals surface area contributed by atoms with Gasteiger partial charge >= 0.3 is 0 Å². The van der Waals surface area contributed by atoms with Crippen LogP contribution in [-0.4, -0.2) is 9.97 Å². The van der Waals surface area contributed by atoms with Crippen molar-refractivity contribution in [3.05, 3.63) is 53.1 Å². The molecule has 5 heteroatoms. The minimum atomic E-state index is -0.367. The number of hydrogen-bond donors (Lipinski definition) is 0. The predicted octanol–water partition coefficient (Wildman–Crippen LogP) is 3.09. The average molecular weight is 259 g/mol. The topological polar surface area (TPSA) is 49.6 Å². The third kappa shape index (κ3) is 3.05. The zero-order valence-electron chi connectivity index (χ0n) is 9.72. The second-order valence-corrected chi connectivity index (χ2v) is 4.69. The van der Waals surface area contributed by atoms with E-state index in [-0.39, 0.29) is 5.82 Å². The second-order valence-electron chi connectivity index (χ2n) is 3.75. The first-order valence-corrected chi connectivity index (χ1v) is 6.27. The molecule has 1 aromatic carbocycles. The van der Waals surface area contributed by atoms with Gasteiger partial charge in [0, 0.05) is 18.1 Å². The zero-order valence-corrected chi connectivity index (χ0v) is 10.5. The maximum absolute atomic E-state index is 13.6.